The van der Waals surface area contributed by atoms with Gasteiger partial charge >= 0.3 is 0 Å². The average molecular weight is 243 g/mol. The number of benzene rings is 1. The second-order valence-electron chi connectivity index (χ2n) is 3.98. The number of ether oxygens (including phenoxy) is 1. The molecule has 0 unspecified atom stereocenters. The lowest BCUT2D eigenvalue weighted by Gasteiger charge is -2.05. The lowest BCUT2D eigenvalue weighted by molar-refractivity contribution is 0.299. The number of nitrogens with zero attached hydrogens (tertiary/aromatic N) is 1. The molecule has 0 aliphatic heterocycles. The second-order valence-corrected chi connectivity index (χ2v) is 3.98. The smallest absolute Gasteiger partial charge is 0.119 e. The molecule has 0 spiro atoms. The molecule has 0 saturated carbocycles. The van der Waals surface area contributed by atoms with Crippen LogP contribution in [-0.4, -0.2) is 23.3 Å². The zero-order chi connectivity index (χ0) is 12.8. The van der Waals surface area contributed by atoms with Crippen molar-refractivity contribution in [1.82, 2.24) is 4.98 Å². The van der Waals surface area contributed by atoms with Crippen LogP contribution in [0.5, 0.6) is 5.75 Å². The predicted molar refractivity (Wildman–Crippen MR) is 71.6 cm³/mol. The van der Waals surface area contributed by atoms with Gasteiger partial charge in [0.05, 0.1) is 12.3 Å². The Labute approximate surface area is 107 Å². The van der Waals surface area contributed by atoms with Crippen LogP contribution in [0.1, 0.15) is 12.5 Å². The molecule has 2 rings (SSSR count). The molecule has 1 heterocycles. The molecule has 1 aromatic carbocycles. The highest BCUT2D eigenvalue weighted by Gasteiger charge is 2.00. The van der Waals surface area contributed by atoms with Crippen molar-refractivity contribution in [2.75, 3.05) is 13.2 Å². The van der Waals surface area contributed by atoms with Crippen LogP contribution in [0.15, 0.2) is 42.6 Å². The second kappa shape index (κ2) is 6.17. The molecule has 0 aliphatic carbocycles. The van der Waals surface area contributed by atoms with E-state index in [0.29, 0.717) is 13.0 Å². The van der Waals surface area contributed by atoms with E-state index < -0.39 is 0 Å². The molecule has 1 N–H and O–H groups in total. The van der Waals surface area contributed by atoms with Crippen molar-refractivity contribution in [3.63, 3.8) is 0 Å². The monoisotopic (exact) mass is 243 g/mol. The zero-order valence-corrected chi connectivity index (χ0v) is 10.5. The van der Waals surface area contributed by atoms with E-state index in [0.717, 1.165) is 22.6 Å². The first-order chi connectivity index (χ1) is 8.83. The fourth-order valence-corrected chi connectivity index (χ4v) is 1.76. The fraction of sp³-hybridized carbons (Fsp3) is 0.267. The fourth-order valence-electron chi connectivity index (χ4n) is 1.76. The van der Waals surface area contributed by atoms with Gasteiger partial charge in [-0.3, -0.25) is 4.98 Å². The highest BCUT2D eigenvalue weighted by molar-refractivity contribution is 5.60. The molecular formula is C15H17NO2. The minimum absolute atomic E-state index is 0.157. The van der Waals surface area contributed by atoms with Crippen molar-refractivity contribution in [2.24, 2.45) is 0 Å². The number of pyridine rings is 1. The van der Waals surface area contributed by atoms with E-state index in [1.165, 1.54) is 0 Å². The normalized spacial score (nSPS) is 10.3. The van der Waals surface area contributed by atoms with Crippen LogP contribution in [0.25, 0.3) is 11.3 Å². The molecule has 0 atom stereocenters. The van der Waals surface area contributed by atoms with Crippen LogP contribution in [-0.2, 0) is 6.42 Å². The maximum Gasteiger partial charge on any atom is 0.119 e. The van der Waals surface area contributed by atoms with Crippen LogP contribution in [0.3, 0.4) is 0 Å². The molecule has 0 radical (unpaired) electrons. The summed E-state index contributed by atoms with van der Waals surface area (Å²) in [7, 11) is 0. The van der Waals surface area contributed by atoms with Crippen molar-refractivity contribution in [3.05, 3.63) is 48.2 Å². The highest BCUT2D eigenvalue weighted by atomic mass is 16.5. The minimum atomic E-state index is 0.157. The van der Waals surface area contributed by atoms with Gasteiger partial charge in [0.25, 0.3) is 0 Å². The third-order valence-corrected chi connectivity index (χ3v) is 2.69. The van der Waals surface area contributed by atoms with Crippen LogP contribution < -0.4 is 4.74 Å². The van der Waals surface area contributed by atoms with Gasteiger partial charge in [0.2, 0.25) is 0 Å². The van der Waals surface area contributed by atoms with Gasteiger partial charge in [0.15, 0.2) is 0 Å². The Morgan fingerprint density at radius 3 is 2.44 bits per heavy atom. The summed E-state index contributed by atoms with van der Waals surface area (Å²) in [5.74, 6) is 0.873. The van der Waals surface area contributed by atoms with E-state index >= 15 is 0 Å². The molecule has 94 valence electrons. The summed E-state index contributed by atoms with van der Waals surface area (Å²) in [6, 6.07) is 11.9. The van der Waals surface area contributed by atoms with Crippen LogP contribution in [0.2, 0.25) is 0 Å². The van der Waals surface area contributed by atoms with Gasteiger partial charge in [-0.15, -0.1) is 0 Å². The Bertz CT molecular complexity index is 429. The summed E-state index contributed by atoms with van der Waals surface area (Å²) in [5.41, 5.74) is 3.04. The number of rotatable bonds is 5. The number of aliphatic hydroxyl groups excluding tert-OH is 1. The largest absolute Gasteiger partial charge is 0.494 e. The first-order valence-corrected chi connectivity index (χ1v) is 6.12. The molecule has 0 amide bonds. The van der Waals surface area contributed by atoms with Crippen LogP contribution in [0.4, 0.5) is 0 Å². The molecule has 0 fully saturated rings. The van der Waals surface area contributed by atoms with Crippen molar-refractivity contribution >= 4 is 0 Å². The Hall–Kier alpha value is -1.87. The van der Waals surface area contributed by atoms with Crippen LogP contribution in [0, 0.1) is 0 Å². The Balaban J connectivity index is 2.15. The molecule has 3 heteroatoms. The van der Waals surface area contributed by atoms with Crippen molar-refractivity contribution < 1.29 is 9.84 Å². The van der Waals surface area contributed by atoms with Crippen LogP contribution >= 0.6 is 0 Å². The molecular weight excluding hydrogens is 226 g/mol. The summed E-state index contributed by atoms with van der Waals surface area (Å²) in [4.78, 5) is 4.39. The van der Waals surface area contributed by atoms with Crippen molar-refractivity contribution in [1.29, 1.82) is 0 Å². The maximum atomic E-state index is 8.85. The number of hydrogen-bond acceptors (Lipinski definition) is 3. The first kappa shape index (κ1) is 12.6. The van der Waals surface area contributed by atoms with Gasteiger partial charge in [-0.05, 0) is 49.2 Å². The van der Waals surface area contributed by atoms with Crippen molar-refractivity contribution in [3.8, 4) is 17.0 Å². The molecule has 0 aliphatic rings. The molecule has 0 bridgehead atoms. The van der Waals surface area contributed by atoms with E-state index in [1.54, 1.807) is 0 Å². The van der Waals surface area contributed by atoms with Gasteiger partial charge in [-0.25, -0.2) is 0 Å². The van der Waals surface area contributed by atoms with Gasteiger partial charge in [-0.2, -0.15) is 0 Å². The van der Waals surface area contributed by atoms with Gasteiger partial charge in [-0.1, -0.05) is 6.07 Å². The van der Waals surface area contributed by atoms with E-state index in [4.69, 9.17) is 9.84 Å². The summed E-state index contributed by atoms with van der Waals surface area (Å²) in [6.07, 6.45) is 2.46. The summed E-state index contributed by atoms with van der Waals surface area (Å²) in [5, 5.41) is 8.85. The van der Waals surface area contributed by atoms with Gasteiger partial charge < -0.3 is 9.84 Å². The van der Waals surface area contributed by atoms with E-state index in [2.05, 4.69) is 4.98 Å². The Morgan fingerprint density at radius 2 is 1.89 bits per heavy atom. The maximum absolute atomic E-state index is 8.85. The lowest BCUT2D eigenvalue weighted by atomic mass is 10.1. The van der Waals surface area contributed by atoms with Crippen molar-refractivity contribution in [2.45, 2.75) is 13.3 Å². The Kier molecular flexibility index (Phi) is 4.31. The zero-order valence-electron chi connectivity index (χ0n) is 10.5. The first-order valence-electron chi connectivity index (χ1n) is 6.12. The molecule has 1 aromatic heterocycles. The standard InChI is InChI=1S/C15H17NO2/c1-2-18-14-6-4-13(5-7-14)15-8-3-12(9-10-17)11-16-15/h3-8,11,17H,2,9-10H2,1H3. The SMILES string of the molecule is CCOc1ccc(-c2ccc(CCO)cn2)cc1. The van der Waals surface area contributed by atoms with E-state index in [-0.39, 0.29) is 6.61 Å². The topological polar surface area (TPSA) is 42.4 Å². The lowest BCUT2D eigenvalue weighted by Crippen LogP contribution is -1.93. The molecule has 0 saturated heterocycles. The minimum Gasteiger partial charge on any atom is -0.494 e. The third-order valence-electron chi connectivity index (χ3n) is 2.69. The number of aromatic nitrogens is 1. The number of hydrogen-bond donors (Lipinski definition) is 1. The highest BCUT2D eigenvalue weighted by Crippen LogP contribution is 2.20. The van der Waals surface area contributed by atoms with Gasteiger partial charge in [0, 0.05) is 18.4 Å². The summed E-state index contributed by atoms with van der Waals surface area (Å²) < 4.78 is 5.40. The molecule has 2 aromatic rings. The predicted octanol–water partition coefficient (Wildman–Crippen LogP) is 2.68. The number of aliphatic hydroxyl groups is 1. The van der Waals surface area contributed by atoms with E-state index in [1.807, 2.05) is 49.5 Å². The Morgan fingerprint density at radius 1 is 1.11 bits per heavy atom. The molecule has 3 nitrogen and oxygen atoms in total. The molecule has 18 heavy (non-hydrogen) atoms. The quantitative estimate of drug-likeness (QED) is 0.878. The van der Waals surface area contributed by atoms with E-state index in [9.17, 15) is 0 Å². The third kappa shape index (κ3) is 3.08. The average Bonchev–Trinajstić information content (AvgIpc) is 2.41. The summed E-state index contributed by atoms with van der Waals surface area (Å²) in [6.45, 7) is 2.80. The van der Waals surface area contributed by atoms with Gasteiger partial charge in [0.1, 0.15) is 5.75 Å². The summed E-state index contributed by atoms with van der Waals surface area (Å²) >= 11 is 0.